The second-order valence-electron chi connectivity index (χ2n) is 8.59. The fourth-order valence-electron chi connectivity index (χ4n) is 4.00. The lowest BCUT2D eigenvalue weighted by atomic mass is 9.94. The Bertz CT molecular complexity index is 989. The molecular formula is C23H31Cl2FN4O5. The van der Waals surface area contributed by atoms with Gasteiger partial charge in [0.2, 0.25) is 0 Å². The van der Waals surface area contributed by atoms with Gasteiger partial charge in [0, 0.05) is 32.8 Å². The first-order valence-corrected chi connectivity index (χ1v) is 11.9. The molecule has 35 heavy (non-hydrogen) atoms. The van der Waals surface area contributed by atoms with Gasteiger partial charge in [-0.25, -0.2) is 4.39 Å². The van der Waals surface area contributed by atoms with Crippen molar-refractivity contribution in [2.45, 2.75) is 35.0 Å². The molecule has 1 heterocycles. The number of nitrogens with one attached hydrogen (secondary N) is 1. The molecule has 9 nitrogen and oxygen atoms in total. The summed E-state index contributed by atoms with van der Waals surface area (Å²) in [5, 5.41) is 12.2. The SMILES string of the molecule is COC1=CC(N)(N)C(Cl)(Cl)C=C1C(=O)N[C@@H]1CCN(CCCOc2ccc(O)c(F)c2)C[C@@H]1OC. The molecule has 1 fully saturated rings. The molecular weight excluding hydrogens is 502 g/mol. The first-order chi connectivity index (χ1) is 16.5. The number of carbonyl (C=O) groups excluding carboxylic acids is 1. The van der Waals surface area contributed by atoms with Crippen LogP contribution in [0.15, 0.2) is 41.7 Å². The van der Waals surface area contributed by atoms with E-state index in [0.717, 1.165) is 19.2 Å². The summed E-state index contributed by atoms with van der Waals surface area (Å²) in [6, 6.07) is 3.67. The number of phenolic OH excluding ortho intramolecular Hbond substituents is 1. The van der Waals surface area contributed by atoms with Gasteiger partial charge in [0.15, 0.2) is 15.9 Å². The molecule has 1 amide bonds. The van der Waals surface area contributed by atoms with Crippen LogP contribution in [0.1, 0.15) is 12.8 Å². The van der Waals surface area contributed by atoms with Gasteiger partial charge in [0.1, 0.15) is 17.2 Å². The van der Waals surface area contributed by atoms with E-state index in [-0.39, 0.29) is 23.5 Å². The molecule has 12 heteroatoms. The number of amides is 1. The largest absolute Gasteiger partial charge is 0.505 e. The first-order valence-electron chi connectivity index (χ1n) is 11.1. The molecule has 0 spiro atoms. The van der Waals surface area contributed by atoms with Gasteiger partial charge in [-0.2, -0.15) is 0 Å². The Kier molecular flexibility index (Phi) is 8.90. The number of nitrogens with zero attached hydrogens (tertiary/aromatic N) is 1. The number of hydrogen-bond donors (Lipinski definition) is 4. The number of alkyl halides is 2. The van der Waals surface area contributed by atoms with Crippen LogP contribution in [0.25, 0.3) is 0 Å². The second kappa shape index (κ2) is 11.3. The Morgan fingerprint density at radius 2 is 2.06 bits per heavy atom. The lowest BCUT2D eigenvalue weighted by Gasteiger charge is -2.39. The Labute approximate surface area is 213 Å². The predicted octanol–water partition coefficient (Wildman–Crippen LogP) is 1.76. The van der Waals surface area contributed by atoms with Gasteiger partial charge in [-0.05, 0) is 37.1 Å². The third-order valence-electron chi connectivity index (χ3n) is 6.07. The maximum atomic E-state index is 13.4. The smallest absolute Gasteiger partial charge is 0.255 e. The van der Waals surface area contributed by atoms with Crippen LogP contribution in [0, 0.1) is 5.82 Å². The molecule has 2 atom stereocenters. The summed E-state index contributed by atoms with van der Waals surface area (Å²) in [6.07, 6.45) is 3.73. The van der Waals surface area contributed by atoms with E-state index < -0.39 is 27.5 Å². The molecule has 6 N–H and O–H groups in total. The summed E-state index contributed by atoms with van der Waals surface area (Å²) in [7, 11) is 2.99. The van der Waals surface area contributed by atoms with Gasteiger partial charge in [-0.15, -0.1) is 0 Å². The van der Waals surface area contributed by atoms with Crippen LogP contribution in [0.4, 0.5) is 4.39 Å². The normalized spacial score (nSPS) is 23.7. The zero-order chi connectivity index (χ0) is 25.8. The van der Waals surface area contributed by atoms with E-state index in [4.69, 9.17) is 48.9 Å². The number of methoxy groups -OCH3 is 2. The Morgan fingerprint density at radius 1 is 1.31 bits per heavy atom. The van der Waals surface area contributed by atoms with Crippen molar-refractivity contribution in [1.82, 2.24) is 10.2 Å². The minimum atomic E-state index is -1.69. The zero-order valence-electron chi connectivity index (χ0n) is 19.6. The van der Waals surface area contributed by atoms with Crippen molar-refractivity contribution in [3.63, 3.8) is 0 Å². The topological polar surface area (TPSA) is 132 Å². The minimum Gasteiger partial charge on any atom is -0.505 e. The number of aromatic hydroxyl groups is 1. The third-order valence-corrected chi connectivity index (χ3v) is 6.94. The number of hydrogen-bond acceptors (Lipinski definition) is 8. The number of halogens is 3. The van der Waals surface area contributed by atoms with Gasteiger partial charge in [-0.3, -0.25) is 4.79 Å². The number of carbonyl (C=O) groups is 1. The quantitative estimate of drug-likeness (QED) is 0.215. The molecule has 1 aromatic rings. The second-order valence-corrected chi connectivity index (χ2v) is 9.97. The highest BCUT2D eigenvalue weighted by molar-refractivity contribution is 6.51. The molecule has 1 aromatic carbocycles. The summed E-state index contributed by atoms with van der Waals surface area (Å²) in [5.74, 6) is -1.01. The van der Waals surface area contributed by atoms with Crippen LogP contribution in [0.2, 0.25) is 0 Å². The van der Waals surface area contributed by atoms with E-state index in [2.05, 4.69) is 10.2 Å². The van der Waals surface area contributed by atoms with Crippen molar-refractivity contribution in [2.24, 2.45) is 11.5 Å². The van der Waals surface area contributed by atoms with Crippen molar-refractivity contribution < 1.29 is 28.5 Å². The number of phenols is 1. The van der Waals surface area contributed by atoms with Crippen LogP contribution in [-0.2, 0) is 14.3 Å². The highest BCUT2D eigenvalue weighted by atomic mass is 35.5. The highest BCUT2D eigenvalue weighted by Gasteiger charge is 2.46. The lowest BCUT2D eigenvalue weighted by molar-refractivity contribution is -0.120. The fourth-order valence-corrected chi connectivity index (χ4v) is 4.33. The van der Waals surface area contributed by atoms with Crippen molar-refractivity contribution in [1.29, 1.82) is 0 Å². The van der Waals surface area contributed by atoms with Crippen LogP contribution >= 0.6 is 23.2 Å². The molecule has 2 aliphatic rings. The summed E-state index contributed by atoms with van der Waals surface area (Å²) in [6.45, 7) is 2.46. The molecule has 1 aliphatic carbocycles. The summed E-state index contributed by atoms with van der Waals surface area (Å²) in [5.41, 5.74) is 10.4. The summed E-state index contributed by atoms with van der Waals surface area (Å²) in [4.78, 5) is 15.2. The molecule has 194 valence electrons. The standard InChI is InChI=1S/C23H31Cl2FN4O5/c1-33-19-12-23(27,28)22(24,25)11-15(19)21(32)29-17-6-8-30(13-20(17)34-2)7-3-9-35-14-4-5-18(31)16(26)10-14/h4-5,10-12,17,20,31H,3,6-9,13,27-28H2,1-2H3,(H,29,32)/t17-,20+/m1/s1. The molecule has 0 bridgehead atoms. The van der Waals surface area contributed by atoms with Gasteiger partial charge in [-0.1, -0.05) is 23.2 Å². The Balaban J connectivity index is 1.52. The Hall–Kier alpha value is -2.08. The van der Waals surface area contributed by atoms with E-state index in [1.54, 1.807) is 7.11 Å². The third kappa shape index (κ3) is 6.58. The Morgan fingerprint density at radius 3 is 2.71 bits per heavy atom. The molecule has 0 saturated carbocycles. The number of piperidine rings is 1. The number of ether oxygens (including phenoxy) is 3. The first kappa shape index (κ1) is 27.5. The van der Waals surface area contributed by atoms with E-state index in [9.17, 15) is 14.3 Å². The van der Waals surface area contributed by atoms with Gasteiger partial charge in [0.05, 0.1) is 31.4 Å². The van der Waals surface area contributed by atoms with Crippen LogP contribution < -0.4 is 21.5 Å². The zero-order valence-corrected chi connectivity index (χ0v) is 21.1. The van der Waals surface area contributed by atoms with E-state index in [1.807, 2.05) is 0 Å². The number of nitrogens with two attached hydrogens (primary N) is 2. The average Bonchev–Trinajstić information content (AvgIpc) is 2.81. The number of benzene rings is 1. The molecule has 0 aromatic heterocycles. The van der Waals surface area contributed by atoms with E-state index in [0.29, 0.717) is 31.7 Å². The van der Waals surface area contributed by atoms with Crippen LogP contribution in [0.3, 0.4) is 0 Å². The highest BCUT2D eigenvalue weighted by Crippen LogP contribution is 2.39. The molecule has 0 unspecified atom stereocenters. The maximum Gasteiger partial charge on any atom is 0.255 e. The van der Waals surface area contributed by atoms with Crippen molar-refractivity contribution in [2.75, 3.05) is 40.5 Å². The summed E-state index contributed by atoms with van der Waals surface area (Å²) < 4.78 is 28.2. The van der Waals surface area contributed by atoms with Crippen molar-refractivity contribution in [3.05, 3.63) is 47.5 Å². The van der Waals surface area contributed by atoms with Crippen LogP contribution in [-0.4, -0.2) is 78.5 Å². The minimum absolute atomic E-state index is 0.143. The predicted molar refractivity (Wildman–Crippen MR) is 131 cm³/mol. The molecule has 0 radical (unpaired) electrons. The van der Waals surface area contributed by atoms with Gasteiger partial charge >= 0.3 is 0 Å². The van der Waals surface area contributed by atoms with E-state index >= 15 is 0 Å². The maximum absolute atomic E-state index is 13.4. The van der Waals surface area contributed by atoms with Gasteiger partial charge in [0.25, 0.3) is 5.91 Å². The van der Waals surface area contributed by atoms with Gasteiger partial charge < -0.3 is 41.0 Å². The monoisotopic (exact) mass is 532 g/mol. The van der Waals surface area contributed by atoms with Crippen LogP contribution in [0.5, 0.6) is 11.5 Å². The summed E-state index contributed by atoms with van der Waals surface area (Å²) >= 11 is 12.5. The number of rotatable bonds is 9. The van der Waals surface area contributed by atoms with Crippen molar-refractivity contribution in [3.8, 4) is 11.5 Å². The lowest BCUT2D eigenvalue weighted by Crippen LogP contribution is -2.61. The van der Waals surface area contributed by atoms with E-state index in [1.165, 1.54) is 31.4 Å². The average molecular weight is 533 g/mol. The van der Waals surface area contributed by atoms with Crippen molar-refractivity contribution >= 4 is 29.1 Å². The molecule has 3 rings (SSSR count). The fraction of sp³-hybridized carbons (Fsp3) is 0.522. The molecule has 1 aliphatic heterocycles. The molecule has 1 saturated heterocycles. The number of likely N-dealkylation sites (tertiary alicyclic amines) is 1.